The Kier molecular flexibility index (Phi) is 5.24. The second-order valence-corrected chi connectivity index (χ2v) is 4.45. The number of amides is 1. The first-order chi connectivity index (χ1) is 11.0. The van der Waals surface area contributed by atoms with E-state index in [1.807, 2.05) is 0 Å². The van der Waals surface area contributed by atoms with Crippen LogP contribution in [0.25, 0.3) is 0 Å². The smallest absolute Gasteiger partial charge is 0.339 e. The third kappa shape index (κ3) is 4.26. The van der Waals surface area contributed by atoms with Gasteiger partial charge in [0.15, 0.2) is 18.2 Å². The highest BCUT2D eigenvalue weighted by Gasteiger charge is 2.14. The number of benzene rings is 2. The van der Waals surface area contributed by atoms with Crippen LogP contribution in [-0.2, 0) is 9.53 Å². The number of carbonyl (C=O) groups is 2. The molecule has 0 saturated heterocycles. The Hall–Kier alpha value is -2.96. The molecule has 0 atom stereocenters. The fraction of sp³-hybridized carbons (Fsp3) is 0.125. The van der Waals surface area contributed by atoms with Crippen LogP contribution in [0.4, 0.5) is 14.5 Å². The monoisotopic (exact) mass is 321 g/mol. The lowest BCUT2D eigenvalue weighted by atomic mass is 10.2. The number of halogens is 2. The van der Waals surface area contributed by atoms with Crippen LogP contribution < -0.4 is 10.1 Å². The highest BCUT2D eigenvalue weighted by Crippen LogP contribution is 2.18. The van der Waals surface area contributed by atoms with Gasteiger partial charge in [-0.25, -0.2) is 13.6 Å². The summed E-state index contributed by atoms with van der Waals surface area (Å²) in [6.45, 7) is -0.502. The molecule has 5 nitrogen and oxygen atoms in total. The fourth-order valence-corrected chi connectivity index (χ4v) is 1.80. The molecule has 0 aliphatic heterocycles. The zero-order valence-corrected chi connectivity index (χ0v) is 12.1. The number of rotatable bonds is 5. The standard InChI is InChI=1S/C16H13F2NO4/c1-22-16(21)11-4-2-3-5-13(11)19-15(20)9-23-14-7-6-10(17)8-12(14)18/h2-8H,9H2,1H3,(H,19,20). The fourth-order valence-electron chi connectivity index (χ4n) is 1.80. The lowest BCUT2D eigenvalue weighted by molar-refractivity contribution is -0.118. The summed E-state index contributed by atoms with van der Waals surface area (Å²) in [6.07, 6.45) is 0. The molecule has 0 aliphatic rings. The molecule has 23 heavy (non-hydrogen) atoms. The number of methoxy groups -OCH3 is 1. The van der Waals surface area contributed by atoms with E-state index in [0.29, 0.717) is 6.07 Å². The summed E-state index contributed by atoms with van der Waals surface area (Å²) in [7, 11) is 1.22. The van der Waals surface area contributed by atoms with Crippen LogP contribution in [-0.4, -0.2) is 25.6 Å². The predicted molar refractivity (Wildman–Crippen MR) is 78.3 cm³/mol. The lowest BCUT2D eigenvalue weighted by Gasteiger charge is -2.10. The van der Waals surface area contributed by atoms with Crippen molar-refractivity contribution in [1.82, 2.24) is 0 Å². The Morgan fingerprint density at radius 2 is 1.87 bits per heavy atom. The molecule has 7 heteroatoms. The van der Waals surface area contributed by atoms with Gasteiger partial charge in [0.1, 0.15) is 5.82 Å². The molecule has 1 amide bonds. The Labute approximate surface area is 130 Å². The van der Waals surface area contributed by atoms with Crippen molar-refractivity contribution >= 4 is 17.6 Å². The molecule has 1 N–H and O–H groups in total. The summed E-state index contributed by atoms with van der Waals surface area (Å²) in [4.78, 5) is 23.4. The third-order valence-electron chi connectivity index (χ3n) is 2.86. The average Bonchev–Trinajstić information content (AvgIpc) is 2.54. The highest BCUT2D eigenvalue weighted by atomic mass is 19.1. The second-order valence-electron chi connectivity index (χ2n) is 4.45. The van der Waals surface area contributed by atoms with E-state index in [4.69, 9.17) is 4.74 Å². The van der Waals surface area contributed by atoms with Gasteiger partial charge < -0.3 is 14.8 Å². The van der Waals surface area contributed by atoms with Crippen LogP contribution in [0.1, 0.15) is 10.4 Å². The Morgan fingerprint density at radius 1 is 1.13 bits per heavy atom. The van der Waals surface area contributed by atoms with Crippen molar-refractivity contribution in [2.45, 2.75) is 0 Å². The van der Waals surface area contributed by atoms with Crippen LogP contribution in [0.3, 0.4) is 0 Å². The van der Waals surface area contributed by atoms with Crippen LogP contribution >= 0.6 is 0 Å². The minimum atomic E-state index is -0.909. The van der Waals surface area contributed by atoms with Gasteiger partial charge in [-0.2, -0.15) is 0 Å². The van der Waals surface area contributed by atoms with Crippen LogP contribution in [0.2, 0.25) is 0 Å². The zero-order chi connectivity index (χ0) is 16.8. The van der Waals surface area contributed by atoms with Crippen molar-refractivity contribution in [3.05, 3.63) is 59.7 Å². The van der Waals surface area contributed by atoms with E-state index >= 15 is 0 Å². The van der Waals surface area contributed by atoms with Gasteiger partial charge in [0.25, 0.3) is 5.91 Å². The lowest BCUT2D eigenvalue weighted by Crippen LogP contribution is -2.22. The number of hydrogen-bond donors (Lipinski definition) is 1. The van der Waals surface area contributed by atoms with Crippen molar-refractivity contribution in [2.24, 2.45) is 0 Å². The number of esters is 1. The van der Waals surface area contributed by atoms with Crippen molar-refractivity contribution < 1.29 is 27.8 Å². The number of hydrogen-bond acceptors (Lipinski definition) is 4. The Bertz CT molecular complexity index is 734. The second kappa shape index (κ2) is 7.35. The third-order valence-corrected chi connectivity index (χ3v) is 2.86. The summed E-state index contributed by atoms with van der Waals surface area (Å²) >= 11 is 0. The topological polar surface area (TPSA) is 64.6 Å². The number of carbonyl (C=O) groups excluding carboxylic acids is 2. The van der Waals surface area contributed by atoms with E-state index in [9.17, 15) is 18.4 Å². The number of ether oxygens (including phenoxy) is 2. The first-order valence-corrected chi connectivity index (χ1v) is 6.56. The average molecular weight is 321 g/mol. The first-order valence-electron chi connectivity index (χ1n) is 6.56. The predicted octanol–water partition coefficient (Wildman–Crippen LogP) is 2.77. The summed E-state index contributed by atoms with van der Waals surface area (Å²) in [5, 5.41) is 2.47. The Balaban J connectivity index is 2.01. The van der Waals surface area contributed by atoms with Crippen LogP contribution in [0.5, 0.6) is 5.75 Å². The summed E-state index contributed by atoms with van der Waals surface area (Å²) in [5.41, 5.74) is 0.420. The molecule has 2 aromatic carbocycles. The molecular weight excluding hydrogens is 308 g/mol. The molecule has 0 saturated carbocycles. The summed E-state index contributed by atoms with van der Waals surface area (Å²) in [6, 6.07) is 9.00. The zero-order valence-electron chi connectivity index (χ0n) is 12.1. The highest BCUT2D eigenvalue weighted by molar-refractivity contribution is 6.01. The van der Waals surface area contributed by atoms with Crippen molar-refractivity contribution in [3.63, 3.8) is 0 Å². The van der Waals surface area contributed by atoms with Gasteiger partial charge in [-0.1, -0.05) is 12.1 Å². The van der Waals surface area contributed by atoms with E-state index in [2.05, 4.69) is 10.1 Å². The minimum absolute atomic E-state index is 0.177. The Morgan fingerprint density at radius 3 is 2.57 bits per heavy atom. The van der Waals surface area contributed by atoms with Crippen molar-refractivity contribution in [3.8, 4) is 5.75 Å². The molecular formula is C16H13F2NO4. The first kappa shape index (κ1) is 16.4. The van der Waals surface area contributed by atoms with Gasteiger partial charge in [-0.3, -0.25) is 4.79 Å². The molecule has 0 spiro atoms. The number of nitrogens with one attached hydrogen (secondary N) is 1. The maximum Gasteiger partial charge on any atom is 0.339 e. The summed E-state index contributed by atoms with van der Waals surface area (Å²) in [5.74, 6) is -3.11. The largest absolute Gasteiger partial charge is 0.481 e. The van der Waals surface area contributed by atoms with Crippen molar-refractivity contribution in [1.29, 1.82) is 0 Å². The van der Waals surface area contributed by atoms with Gasteiger partial charge in [-0.05, 0) is 24.3 Å². The molecule has 2 rings (SSSR count). The molecule has 0 bridgehead atoms. The minimum Gasteiger partial charge on any atom is -0.481 e. The maximum absolute atomic E-state index is 13.4. The van der Waals surface area contributed by atoms with Crippen LogP contribution in [0.15, 0.2) is 42.5 Å². The van der Waals surface area contributed by atoms with Gasteiger partial charge >= 0.3 is 5.97 Å². The number of anilines is 1. The molecule has 0 fully saturated rings. The molecule has 0 radical (unpaired) electrons. The molecule has 0 heterocycles. The quantitative estimate of drug-likeness (QED) is 0.860. The van der Waals surface area contributed by atoms with E-state index in [1.165, 1.54) is 19.2 Å². The van der Waals surface area contributed by atoms with E-state index in [-0.39, 0.29) is 17.0 Å². The SMILES string of the molecule is COC(=O)c1ccccc1NC(=O)COc1ccc(F)cc1F. The van der Waals surface area contributed by atoms with Gasteiger partial charge in [0.2, 0.25) is 0 Å². The van der Waals surface area contributed by atoms with Crippen LogP contribution in [0, 0.1) is 11.6 Å². The molecule has 2 aromatic rings. The molecule has 120 valence electrons. The van der Waals surface area contributed by atoms with Gasteiger partial charge in [-0.15, -0.1) is 0 Å². The van der Waals surface area contributed by atoms with Gasteiger partial charge in [0.05, 0.1) is 18.4 Å². The number of para-hydroxylation sites is 1. The van der Waals surface area contributed by atoms with E-state index in [0.717, 1.165) is 12.1 Å². The molecule has 0 aromatic heterocycles. The van der Waals surface area contributed by atoms with E-state index < -0.39 is 30.1 Å². The van der Waals surface area contributed by atoms with Crippen molar-refractivity contribution in [2.75, 3.05) is 19.0 Å². The van der Waals surface area contributed by atoms with Gasteiger partial charge in [0, 0.05) is 6.07 Å². The summed E-state index contributed by atoms with van der Waals surface area (Å²) < 4.78 is 35.7. The maximum atomic E-state index is 13.4. The molecule has 0 aliphatic carbocycles. The molecule has 0 unspecified atom stereocenters. The van der Waals surface area contributed by atoms with E-state index in [1.54, 1.807) is 12.1 Å². The normalized spacial score (nSPS) is 10.0.